The van der Waals surface area contributed by atoms with E-state index in [9.17, 15) is 0 Å². The Hall–Kier alpha value is 0.740. The highest BCUT2D eigenvalue weighted by molar-refractivity contribution is 7.55. The second-order valence-electron chi connectivity index (χ2n) is 5.54. The highest BCUT2D eigenvalue weighted by Gasteiger charge is 2.05. The van der Waals surface area contributed by atoms with Gasteiger partial charge in [-0.05, 0) is 40.8 Å². The first-order valence-electron chi connectivity index (χ1n) is 8.95. The van der Waals surface area contributed by atoms with Crippen LogP contribution >= 0.6 is 16.1 Å². The molecule has 0 atom stereocenters. The second-order valence-corrected chi connectivity index (χ2v) is 10.1. The molecular weight excluding hydrogens is 296 g/mol. The van der Waals surface area contributed by atoms with Gasteiger partial charge in [0.1, 0.15) is 0 Å². The van der Waals surface area contributed by atoms with Crippen molar-refractivity contribution in [2.45, 2.75) is 53.4 Å². The Bertz CT molecular complexity index is 174. The molecular formula is C16H39N3P2. The van der Waals surface area contributed by atoms with Crippen LogP contribution in [0.3, 0.4) is 0 Å². The van der Waals surface area contributed by atoms with Crippen molar-refractivity contribution in [2.24, 2.45) is 0 Å². The Kier molecular flexibility index (Phi) is 17.7. The maximum absolute atomic E-state index is 3.75. The van der Waals surface area contributed by atoms with Gasteiger partial charge in [0.15, 0.2) is 0 Å². The van der Waals surface area contributed by atoms with E-state index in [1.807, 2.05) is 0 Å². The molecule has 5 heteroatoms. The zero-order valence-corrected chi connectivity index (χ0v) is 16.7. The molecule has 0 saturated heterocycles. The van der Waals surface area contributed by atoms with Gasteiger partial charge in [0, 0.05) is 26.2 Å². The molecule has 0 unspecified atom stereocenters. The van der Waals surface area contributed by atoms with Crippen molar-refractivity contribution in [3.63, 3.8) is 0 Å². The molecule has 0 heterocycles. The van der Waals surface area contributed by atoms with Crippen LogP contribution in [0.4, 0.5) is 0 Å². The summed E-state index contributed by atoms with van der Waals surface area (Å²) in [6.45, 7) is 13.6. The van der Waals surface area contributed by atoms with Crippen LogP contribution in [0, 0.1) is 0 Å². The quantitative estimate of drug-likeness (QED) is 0.292. The number of nitrogens with one attached hydrogen (secondary N) is 3. The van der Waals surface area contributed by atoms with E-state index in [0.29, 0.717) is 0 Å². The summed E-state index contributed by atoms with van der Waals surface area (Å²) in [5.74, 6) is 0. The molecule has 0 aromatic carbocycles. The SMILES string of the molecule is CCCP(CCC)NCCNCCNP(CCC)CCC. The molecule has 0 radical (unpaired) electrons. The van der Waals surface area contributed by atoms with E-state index >= 15 is 0 Å². The predicted molar refractivity (Wildman–Crippen MR) is 103 cm³/mol. The minimum atomic E-state index is 0.0920. The van der Waals surface area contributed by atoms with Crippen molar-refractivity contribution in [1.29, 1.82) is 0 Å². The maximum atomic E-state index is 3.75. The molecule has 0 aliphatic carbocycles. The van der Waals surface area contributed by atoms with E-state index in [4.69, 9.17) is 0 Å². The van der Waals surface area contributed by atoms with Gasteiger partial charge < -0.3 is 5.32 Å². The summed E-state index contributed by atoms with van der Waals surface area (Å²) in [6.07, 6.45) is 10.8. The topological polar surface area (TPSA) is 36.1 Å². The number of hydrogen-bond donors (Lipinski definition) is 3. The number of hydrogen-bond acceptors (Lipinski definition) is 3. The van der Waals surface area contributed by atoms with Crippen LogP contribution in [0.2, 0.25) is 0 Å². The first-order valence-corrected chi connectivity index (χ1v) is 12.4. The van der Waals surface area contributed by atoms with Gasteiger partial charge >= 0.3 is 0 Å². The van der Waals surface area contributed by atoms with Crippen molar-refractivity contribution in [1.82, 2.24) is 15.5 Å². The third-order valence-electron chi connectivity index (χ3n) is 3.25. The summed E-state index contributed by atoms with van der Waals surface area (Å²) in [5, 5.41) is 11.1. The monoisotopic (exact) mass is 335 g/mol. The predicted octanol–water partition coefficient (Wildman–Crippen LogP) is 4.19. The van der Waals surface area contributed by atoms with E-state index in [1.165, 1.54) is 50.3 Å². The van der Waals surface area contributed by atoms with E-state index in [-0.39, 0.29) is 16.1 Å². The van der Waals surface area contributed by atoms with Crippen LogP contribution in [-0.4, -0.2) is 50.8 Å². The molecule has 128 valence electrons. The van der Waals surface area contributed by atoms with Gasteiger partial charge in [-0.25, -0.2) is 0 Å². The molecule has 0 amide bonds. The normalized spacial score (nSPS) is 11.7. The molecule has 21 heavy (non-hydrogen) atoms. The standard InChI is InChI=1S/C16H39N3P2/c1-5-13-20(14-6-2)18-11-9-17-10-12-19-21(15-7-3)16-8-4/h17-19H,5-16H2,1-4H3. The molecule has 0 aromatic rings. The number of rotatable bonds is 16. The summed E-state index contributed by atoms with van der Waals surface area (Å²) in [6, 6.07) is 0. The minimum absolute atomic E-state index is 0.0920. The molecule has 0 aliphatic rings. The lowest BCUT2D eigenvalue weighted by molar-refractivity contribution is 0.667. The van der Waals surface area contributed by atoms with Crippen molar-refractivity contribution in [3.05, 3.63) is 0 Å². The second kappa shape index (κ2) is 17.1. The Morgan fingerprint density at radius 1 is 0.524 bits per heavy atom. The third-order valence-corrected chi connectivity index (χ3v) is 8.54. The molecule has 0 bridgehead atoms. The summed E-state index contributed by atoms with van der Waals surface area (Å²) in [4.78, 5) is 0. The van der Waals surface area contributed by atoms with E-state index in [2.05, 4.69) is 43.2 Å². The molecule has 0 aromatic heterocycles. The summed E-state index contributed by atoms with van der Waals surface area (Å²) in [5.41, 5.74) is 0. The Balaban J connectivity index is 3.48. The fourth-order valence-corrected chi connectivity index (χ4v) is 6.44. The Labute approximate surface area is 136 Å². The first-order chi connectivity index (χ1) is 10.3. The first kappa shape index (κ1) is 21.7. The van der Waals surface area contributed by atoms with Crippen LogP contribution in [0.5, 0.6) is 0 Å². The van der Waals surface area contributed by atoms with Crippen molar-refractivity contribution in [2.75, 3.05) is 50.8 Å². The van der Waals surface area contributed by atoms with Gasteiger partial charge in [0.25, 0.3) is 0 Å². The highest BCUT2D eigenvalue weighted by atomic mass is 31.1. The van der Waals surface area contributed by atoms with Crippen molar-refractivity contribution in [3.8, 4) is 0 Å². The van der Waals surface area contributed by atoms with Gasteiger partial charge in [0.05, 0.1) is 0 Å². The van der Waals surface area contributed by atoms with Crippen LogP contribution in [0.1, 0.15) is 53.4 Å². The third kappa shape index (κ3) is 14.1. The largest absolute Gasteiger partial charge is 0.314 e. The Morgan fingerprint density at radius 2 is 0.857 bits per heavy atom. The van der Waals surface area contributed by atoms with E-state index < -0.39 is 0 Å². The average molecular weight is 335 g/mol. The summed E-state index contributed by atoms with van der Waals surface area (Å²) in [7, 11) is 0.184. The van der Waals surface area contributed by atoms with Gasteiger partial charge in [-0.15, -0.1) is 0 Å². The Morgan fingerprint density at radius 3 is 1.14 bits per heavy atom. The van der Waals surface area contributed by atoms with Gasteiger partial charge in [0.2, 0.25) is 0 Å². The van der Waals surface area contributed by atoms with Crippen molar-refractivity contribution < 1.29 is 0 Å². The molecule has 0 aliphatic heterocycles. The van der Waals surface area contributed by atoms with Gasteiger partial charge in [-0.2, -0.15) is 0 Å². The van der Waals surface area contributed by atoms with Gasteiger partial charge in [-0.3, -0.25) is 10.2 Å². The molecule has 0 rings (SSSR count). The fourth-order valence-electron chi connectivity index (χ4n) is 2.35. The molecule has 0 saturated carbocycles. The summed E-state index contributed by atoms with van der Waals surface area (Å²) >= 11 is 0. The highest BCUT2D eigenvalue weighted by Crippen LogP contribution is 2.31. The van der Waals surface area contributed by atoms with E-state index in [0.717, 1.165) is 26.2 Å². The molecule has 3 N–H and O–H groups in total. The lowest BCUT2D eigenvalue weighted by Gasteiger charge is -2.19. The maximum Gasteiger partial charge on any atom is 0.0116 e. The van der Waals surface area contributed by atoms with Gasteiger partial charge in [-0.1, -0.05) is 53.4 Å². The van der Waals surface area contributed by atoms with E-state index in [1.54, 1.807) is 0 Å². The molecule has 0 spiro atoms. The smallest absolute Gasteiger partial charge is 0.0116 e. The molecule has 3 nitrogen and oxygen atoms in total. The van der Waals surface area contributed by atoms with Crippen LogP contribution in [0.25, 0.3) is 0 Å². The zero-order valence-electron chi connectivity index (χ0n) is 14.9. The fraction of sp³-hybridized carbons (Fsp3) is 1.00. The zero-order chi connectivity index (χ0) is 15.8. The van der Waals surface area contributed by atoms with Crippen LogP contribution in [0.15, 0.2) is 0 Å². The summed E-state index contributed by atoms with van der Waals surface area (Å²) < 4.78 is 0. The minimum Gasteiger partial charge on any atom is -0.314 e. The van der Waals surface area contributed by atoms with Crippen molar-refractivity contribution >= 4 is 16.1 Å². The lowest BCUT2D eigenvalue weighted by Crippen LogP contribution is -2.31. The molecule has 0 fully saturated rings. The van der Waals surface area contributed by atoms with Crippen LogP contribution in [-0.2, 0) is 0 Å². The lowest BCUT2D eigenvalue weighted by atomic mass is 10.6. The average Bonchev–Trinajstić information content (AvgIpc) is 2.47. The van der Waals surface area contributed by atoms with Crippen LogP contribution < -0.4 is 15.5 Å².